The predicted molar refractivity (Wildman–Crippen MR) is 77.7 cm³/mol. The van der Waals surface area contributed by atoms with Gasteiger partial charge in [0.2, 0.25) is 0 Å². The first-order valence-electron chi connectivity index (χ1n) is 7.76. The minimum Gasteiger partial charge on any atom is -0.330 e. The summed E-state index contributed by atoms with van der Waals surface area (Å²) in [6, 6.07) is 1.51. The van der Waals surface area contributed by atoms with Crippen LogP contribution in [0.2, 0.25) is 0 Å². The summed E-state index contributed by atoms with van der Waals surface area (Å²) in [7, 11) is 0. The topological polar surface area (TPSA) is 32.5 Å². The maximum Gasteiger partial charge on any atom is 0.0223 e. The molecule has 0 spiro atoms. The summed E-state index contributed by atoms with van der Waals surface area (Å²) >= 11 is 0. The molecule has 2 fully saturated rings. The van der Waals surface area contributed by atoms with Crippen LogP contribution in [-0.2, 0) is 0 Å². The first-order valence-corrected chi connectivity index (χ1v) is 7.76. The van der Waals surface area contributed by atoms with E-state index in [0.29, 0.717) is 11.5 Å². The fourth-order valence-corrected chi connectivity index (χ4v) is 3.44. The van der Waals surface area contributed by atoms with Crippen molar-refractivity contribution in [2.24, 2.45) is 11.1 Å². The SMILES string of the molecule is CCC(C)(CN)CN1CC2CCCCN2CC1C. The van der Waals surface area contributed by atoms with E-state index in [9.17, 15) is 0 Å². The lowest BCUT2D eigenvalue weighted by Gasteiger charge is -2.49. The van der Waals surface area contributed by atoms with Gasteiger partial charge in [0.05, 0.1) is 0 Å². The molecule has 3 unspecified atom stereocenters. The van der Waals surface area contributed by atoms with E-state index in [1.807, 2.05) is 0 Å². The molecule has 3 atom stereocenters. The zero-order chi connectivity index (χ0) is 13.2. The normalized spacial score (nSPS) is 34.0. The highest BCUT2D eigenvalue weighted by Crippen LogP contribution is 2.28. The van der Waals surface area contributed by atoms with Gasteiger partial charge in [-0.3, -0.25) is 9.80 Å². The molecule has 0 aromatic heterocycles. The average molecular weight is 253 g/mol. The molecule has 18 heavy (non-hydrogen) atoms. The van der Waals surface area contributed by atoms with E-state index in [1.54, 1.807) is 0 Å². The fourth-order valence-electron chi connectivity index (χ4n) is 3.44. The van der Waals surface area contributed by atoms with Crippen LogP contribution in [0.5, 0.6) is 0 Å². The van der Waals surface area contributed by atoms with Crippen molar-refractivity contribution in [3.8, 4) is 0 Å². The van der Waals surface area contributed by atoms with Crippen molar-refractivity contribution < 1.29 is 0 Å². The molecular weight excluding hydrogens is 222 g/mol. The van der Waals surface area contributed by atoms with Crippen LogP contribution < -0.4 is 5.73 Å². The first-order chi connectivity index (χ1) is 8.58. The number of fused-ring (bicyclic) bond motifs is 1. The van der Waals surface area contributed by atoms with Crippen molar-refractivity contribution >= 4 is 0 Å². The molecule has 2 N–H and O–H groups in total. The second kappa shape index (κ2) is 5.89. The Morgan fingerprint density at radius 1 is 1.28 bits per heavy atom. The molecule has 2 rings (SSSR count). The summed E-state index contributed by atoms with van der Waals surface area (Å²) in [6.45, 7) is 12.8. The summed E-state index contributed by atoms with van der Waals surface area (Å²) in [4.78, 5) is 5.42. The predicted octanol–water partition coefficient (Wildman–Crippen LogP) is 1.92. The van der Waals surface area contributed by atoms with Crippen molar-refractivity contribution in [1.29, 1.82) is 0 Å². The molecule has 0 bridgehead atoms. The average Bonchev–Trinajstić information content (AvgIpc) is 2.39. The van der Waals surface area contributed by atoms with Crippen molar-refractivity contribution in [2.75, 3.05) is 32.7 Å². The lowest BCUT2D eigenvalue weighted by molar-refractivity contribution is -0.00387. The van der Waals surface area contributed by atoms with Gasteiger partial charge in [-0.25, -0.2) is 0 Å². The van der Waals surface area contributed by atoms with E-state index < -0.39 is 0 Å². The second-order valence-electron chi connectivity index (χ2n) is 6.79. The largest absolute Gasteiger partial charge is 0.330 e. The van der Waals surface area contributed by atoms with Gasteiger partial charge in [0.1, 0.15) is 0 Å². The number of hydrogen-bond acceptors (Lipinski definition) is 3. The summed E-state index contributed by atoms with van der Waals surface area (Å²) < 4.78 is 0. The van der Waals surface area contributed by atoms with Crippen LogP contribution >= 0.6 is 0 Å². The molecule has 0 amide bonds. The van der Waals surface area contributed by atoms with Gasteiger partial charge in [0.25, 0.3) is 0 Å². The quantitative estimate of drug-likeness (QED) is 0.831. The molecule has 2 heterocycles. The van der Waals surface area contributed by atoms with E-state index in [1.165, 1.54) is 51.9 Å². The Balaban J connectivity index is 1.96. The Hall–Kier alpha value is -0.120. The van der Waals surface area contributed by atoms with Crippen LogP contribution in [0.1, 0.15) is 46.5 Å². The lowest BCUT2D eigenvalue weighted by atomic mass is 9.85. The van der Waals surface area contributed by atoms with E-state index in [-0.39, 0.29) is 0 Å². The summed E-state index contributed by atoms with van der Waals surface area (Å²) in [5.74, 6) is 0. The second-order valence-corrected chi connectivity index (χ2v) is 6.79. The van der Waals surface area contributed by atoms with E-state index >= 15 is 0 Å². The number of piperazine rings is 1. The highest BCUT2D eigenvalue weighted by molar-refractivity contribution is 4.91. The highest BCUT2D eigenvalue weighted by atomic mass is 15.3. The number of rotatable bonds is 4. The smallest absolute Gasteiger partial charge is 0.0223 e. The molecule has 2 aliphatic heterocycles. The third kappa shape index (κ3) is 3.06. The minimum absolute atomic E-state index is 0.297. The van der Waals surface area contributed by atoms with Crippen LogP contribution in [0.4, 0.5) is 0 Å². The monoisotopic (exact) mass is 253 g/mol. The van der Waals surface area contributed by atoms with Gasteiger partial charge in [0.15, 0.2) is 0 Å². The molecule has 3 nitrogen and oxygen atoms in total. The number of hydrogen-bond donors (Lipinski definition) is 1. The zero-order valence-electron chi connectivity index (χ0n) is 12.5. The summed E-state index contributed by atoms with van der Waals surface area (Å²) in [5, 5.41) is 0. The van der Waals surface area contributed by atoms with E-state index in [2.05, 4.69) is 30.6 Å². The number of nitrogens with zero attached hydrogens (tertiary/aromatic N) is 2. The Morgan fingerprint density at radius 3 is 2.72 bits per heavy atom. The molecule has 0 aromatic rings. The molecular formula is C15H31N3. The molecule has 2 aliphatic rings. The molecule has 2 saturated heterocycles. The van der Waals surface area contributed by atoms with Gasteiger partial charge < -0.3 is 5.73 Å². The van der Waals surface area contributed by atoms with Gasteiger partial charge in [-0.1, -0.05) is 20.3 Å². The van der Waals surface area contributed by atoms with Gasteiger partial charge in [-0.15, -0.1) is 0 Å². The Morgan fingerprint density at radius 2 is 2.06 bits per heavy atom. The Labute approximate surface area is 113 Å². The Kier molecular flexibility index (Phi) is 4.68. The van der Waals surface area contributed by atoms with Gasteiger partial charge >= 0.3 is 0 Å². The van der Waals surface area contributed by atoms with E-state index in [0.717, 1.165) is 12.6 Å². The number of piperidine rings is 1. The van der Waals surface area contributed by atoms with Crippen LogP contribution in [0.3, 0.4) is 0 Å². The maximum atomic E-state index is 5.97. The molecule has 0 aliphatic carbocycles. The van der Waals surface area contributed by atoms with Crippen LogP contribution in [0.15, 0.2) is 0 Å². The van der Waals surface area contributed by atoms with Crippen molar-refractivity contribution in [2.45, 2.75) is 58.5 Å². The van der Waals surface area contributed by atoms with Gasteiger partial charge in [-0.05, 0) is 44.7 Å². The first kappa shape index (κ1) is 14.3. The third-order valence-electron chi connectivity index (χ3n) is 5.25. The third-order valence-corrected chi connectivity index (χ3v) is 5.25. The Bertz CT molecular complexity index is 262. The zero-order valence-corrected chi connectivity index (χ0v) is 12.5. The van der Waals surface area contributed by atoms with Crippen LogP contribution in [0.25, 0.3) is 0 Å². The summed E-state index contributed by atoms with van der Waals surface area (Å²) in [6.07, 6.45) is 5.40. The lowest BCUT2D eigenvalue weighted by Crippen LogP contribution is -2.60. The molecule has 3 heteroatoms. The summed E-state index contributed by atoms with van der Waals surface area (Å²) in [5.41, 5.74) is 6.27. The van der Waals surface area contributed by atoms with Crippen molar-refractivity contribution in [1.82, 2.24) is 9.80 Å². The van der Waals surface area contributed by atoms with Crippen LogP contribution in [-0.4, -0.2) is 54.6 Å². The standard InChI is InChI=1S/C15H31N3/c1-4-15(3,11-16)12-18-10-14-7-5-6-8-17(14)9-13(18)2/h13-14H,4-12,16H2,1-3H3. The van der Waals surface area contributed by atoms with E-state index in [4.69, 9.17) is 5.73 Å². The number of nitrogens with two attached hydrogens (primary N) is 1. The molecule has 106 valence electrons. The van der Waals surface area contributed by atoms with Crippen LogP contribution in [0, 0.1) is 5.41 Å². The highest BCUT2D eigenvalue weighted by Gasteiger charge is 2.35. The maximum absolute atomic E-state index is 5.97. The minimum atomic E-state index is 0.297. The fraction of sp³-hybridized carbons (Fsp3) is 1.00. The molecule has 0 saturated carbocycles. The molecule has 0 aromatic carbocycles. The van der Waals surface area contributed by atoms with Gasteiger partial charge in [0, 0.05) is 31.7 Å². The van der Waals surface area contributed by atoms with Gasteiger partial charge in [-0.2, -0.15) is 0 Å². The van der Waals surface area contributed by atoms with Crippen molar-refractivity contribution in [3.05, 3.63) is 0 Å². The van der Waals surface area contributed by atoms with Crippen molar-refractivity contribution in [3.63, 3.8) is 0 Å². The molecule has 0 radical (unpaired) electrons.